The number of carbonyl (C=O) groups excluding carboxylic acids is 2. The second-order valence-electron chi connectivity index (χ2n) is 6.33. The average molecular weight is 424 g/mol. The lowest BCUT2D eigenvalue weighted by molar-refractivity contribution is -0.142. The smallest absolute Gasteiger partial charge is 0.412 e. The molecule has 1 aromatic rings. The Labute approximate surface area is 165 Å². The Morgan fingerprint density at radius 3 is 2.11 bits per heavy atom. The molecular formula is C18H21ClF3NO5. The minimum absolute atomic E-state index is 0.00148. The largest absolute Gasteiger partial charge is 0.487 e. The van der Waals surface area contributed by atoms with Crippen LogP contribution in [0.5, 0.6) is 0 Å². The molecule has 1 N–H and O–H groups in total. The summed E-state index contributed by atoms with van der Waals surface area (Å²) in [5.41, 5.74) is -2.58. The van der Waals surface area contributed by atoms with Crippen LogP contribution in [0.3, 0.4) is 0 Å². The number of amides is 1. The molecule has 1 rings (SSSR count). The highest BCUT2D eigenvalue weighted by atomic mass is 35.5. The Hall–Kier alpha value is -2.42. The summed E-state index contributed by atoms with van der Waals surface area (Å²) in [6.07, 6.45) is -0.408. The Kier molecular flexibility index (Phi) is 8.16. The van der Waals surface area contributed by atoms with Gasteiger partial charge in [0.1, 0.15) is 10.6 Å². The van der Waals surface area contributed by atoms with Crippen molar-refractivity contribution in [3.05, 3.63) is 33.8 Å². The zero-order chi connectivity index (χ0) is 21.6. The maximum absolute atomic E-state index is 14.6. The van der Waals surface area contributed by atoms with Gasteiger partial charge in [-0.15, -0.1) is 0 Å². The number of nitrogens with one attached hydrogen (secondary N) is 1. The number of rotatable bonds is 6. The second-order valence-corrected chi connectivity index (χ2v) is 6.71. The molecular weight excluding hydrogens is 403 g/mol. The van der Waals surface area contributed by atoms with Crippen LogP contribution in [0.2, 0.25) is 5.02 Å². The monoisotopic (exact) mass is 423 g/mol. The fraction of sp³-hybridized carbons (Fsp3) is 0.444. The van der Waals surface area contributed by atoms with Crippen LogP contribution in [0, 0.1) is 17.5 Å². The third-order valence-electron chi connectivity index (χ3n) is 2.98. The van der Waals surface area contributed by atoms with Gasteiger partial charge in [0.05, 0.1) is 18.9 Å². The number of benzene rings is 1. The molecule has 0 aliphatic carbocycles. The first-order chi connectivity index (χ1) is 12.9. The molecule has 1 aromatic carbocycles. The Morgan fingerprint density at radius 2 is 1.61 bits per heavy atom. The van der Waals surface area contributed by atoms with E-state index in [1.165, 1.54) is 6.92 Å². The topological polar surface area (TPSA) is 73.9 Å². The lowest BCUT2D eigenvalue weighted by atomic mass is 10.1. The molecule has 0 spiro atoms. The third kappa shape index (κ3) is 6.05. The van der Waals surface area contributed by atoms with Crippen LogP contribution in [0.4, 0.5) is 23.7 Å². The second kappa shape index (κ2) is 9.68. The van der Waals surface area contributed by atoms with Gasteiger partial charge in [-0.2, -0.15) is 0 Å². The number of hydrogen-bond donors (Lipinski definition) is 1. The SMILES string of the molecule is CCOC(=O)/C(=C/c1c(F)c(Cl)c(F)c(F)c1NC(=O)OC(C)(C)C)OCC. The van der Waals surface area contributed by atoms with Crippen molar-refractivity contribution in [1.82, 2.24) is 0 Å². The summed E-state index contributed by atoms with van der Waals surface area (Å²) in [4.78, 5) is 23.9. The summed E-state index contributed by atoms with van der Waals surface area (Å²) in [6.45, 7) is 7.70. The maximum atomic E-state index is 14.6. The minimum Gasteiger partial charge on any atom is -0.487 e. The molecule has 6 nitrogen and oxygen atoms in total. The van der Waals surface area contributed by atoms with E-state index in [2.05, 4.69) is 0 Å². The lowest BCUT2D eigenvalue weighted by Gasteiger charge is -2.21. The van der Waals surface area contributed by atoms with Crippen LogP contribution < -0.4 is 5.32 Å². The molecule has 156 valence electrons. The van der Waals surface area contributed by atoms with E-state index in [1.807, 2.05) is 5.32 Å². The molecule has 0 aliphatic heterocycles. The van der Waals surface area contributed by atoms with Crippen LogP contribution in [0.1, 0.15) is 40.2 Å². The molecule has 28 heavy (non-hydrogen) atoms. The van der Waals surface area contributed by atoms with Crippen molar-refractivity contribution in [2.45, 2.75) is 40.2 Å². The molecule has 1 amide bonds. The molecule has 0 bridgehead atoms. The van der Waals surface area contributed by atoms with Crippen LogP contribution in [0.15, 0.2) is 5.76 Å². The minimum atomic E-state index is -1.71. The van der Waals surface area contributed by atoms with E-state index >= 15 is 0 Å². The Bertz CT molecular complexity index is 791. The summed E-state index contributed by atoms with van der Waals surface area (Å²) in [6, 6.07) is 0. The van der Waals surface area contributed by atoms with Gasteiger partial charge in [-0.25, -0.2) is 22.8 Å². The van der Waals surface area contributed by atoms with Gasteiger partial charge in [0.25, 0.3) is 0 Å². The van der Waals surface area contributed by atoms with E-state index in [-0.39, 0.29) is 13.2 Å². The number of carbonyl (C=O) groups is 2. The molecule has 0 saturated heterocycles. The van der Waals surface area contributed by atoms with Crippen LogP contribution in [-0.4, -0.2) is 30.9 Å². The summed E-state index contributed by atoms with van der Waals surface area (Å²) in [5, 5.41) is 0.781. The van der Waals surface area contributed by atoms with E-state index in [4.69, 9.17) is 25.8 Å². The predicted molar refractivity (Wildman–Crippen MR) is 97.4 cm³/mol. The highest BCUT2D eigenvalue weighted by Gasteiger charge is 2.27. The van der Waals surface area contributed by atoms with Crippen molar-refractivity contribution in [2.24, 2.45) is 0 Å². The number of esters is 1. The van der Waals surface area contributed by atoms with Gasteiger partial charge in [-0.1, -0.05) is 11.6 Å². The van der Waals surface area contributed by atoms with Crippen molar-refractivity contribution in [3.8, 4) is 0 Å². The molecule has 0 heterocycles. The van der Waals surface area contributed by atoms with E-state index in [0.717, 1.165) is 6.08 Å². The van der Waals surface area contributed by atoms with Gasteiger partial charge in [0.15, 0.2) is 17.5 Å². The molecule has 0 radical (unpaired) electrons. The molecule has 0 fully saturated rings. The van der Waals surface area contributed by atoms with Crippen molar-refractivity contribution in [2.75, 3.05) is 18.5 Å². The standard InChI is InChI=1S/C18H21ClF3NO5/c1-6-26-10(16(24)27-7-2)8-9-12(20)11(19)13(21)14(22)15(9)23-17(25)28-18(3,4)5/h8H,6-7H2,1-5H3,(H,23,25)/b10-8-. The Morgan fingerprint density at radius 1 is 1.04 bits per heavy atom. The first-order valence-electron chi connectivity index (χ1n) is 8.30. The van der Waals surface area contributed by atoms with Gasteiger partial charge in [0.2, 0.25) is 5.76 Å². The van der Waals surface area contributed by atoms with Crippen molar-refractivity contribution in [3.63, 3.8) is 0 Å². The highest BCUT2D eigenvalue weighted by molar-refractivity contribution is 6.31. The van der Waals surface area contributed by atoms with Crippen LogP contribution >= 0.6 is 11.6 Å². The van der Waals surface area contributed by atoms with E-state index in [0.29, 0.717) is 0 Å². The first-order valence-corrected chi connectivity index (χ1v) is 8.68. The quantitative estimate of drug-likeness (QED) is 0.228. The number of hydrogen-bond acceptors (Lipinski definition) is 5. The van der Waals surface area contributed by atoms with Crippen molar-refractivity contribution < 1.29 is 37.0 Å². The maximum Gasteiger partial charge on any atom is 0.412 e. The summed E-state index contributed by atoms with van der Waals surface area (Å²) in [7, 11) is 0. The third-order valence-corrected chi connectivity index (χ3v) is 3.31. The number of ether oxygens (including phenoxy) is 3. The fourth-order valence-electron chi connectivity index (χ4n) is 1.96. The van der Waals surface area contributed by atoms with E-state index in [1.54, 1.807) is 27.7 Å². The normalized spacial score (nSPS) is 11.8. The van der Waals surface area contributed by atoms with E-state index in [9.17, 15) is 22.8 Å². The first kappa shape index (κ1) is 23.6. The number of halogens is 4. The number of anilines is 1. The zero-order valence-electron chi connectivity index (χ0n) is 16.0. The molecule has 0 unspecified atom stereocenters. The Balaban J connectivity index is 3.56. The van der Waals surface area contributed by atoms with Gasteiger partial charge >= 0.3 is 12.1 Å². The van der Waals surface area contributed by atoms with Gasteiger partial charge in [0, 0.05) is 11.6 Å². The van der Waals surface area contributed by atoms with Gasteiger partial charge in [-0.05, 0) is 34.6 Å². The van der Waals surface area contributed by atoms with Crippen molar-refractivity contribution in [1.29, 1.82) is 0 Å². The molecule has 10 heteroatoms. The zero-order valence-corrected chi connectivity index (χ0v) is 16.8. The van der Waals surface area contributed by atoms with E-state index < -0.39 is 57.1 Å². The molecule has 0 atom stereocenters. The molecule has 0 aromatic heterocycles. The average Bonchev–Trinajstić information content (AvgIpc) is 2.58. The summed E-state index contributed by atoms with van der Waals surface area (Å²) >= 11 is 5.48. The summed E-state index contributed by atoms with van der Waals surface area (Å²) in [5.74, 6) is -6.21. The summed E-state index contributed by atoms with van der Waals surface area (Å²) < 4.78 is 57.7. The lowest BCUT2D eigenvalue weighted by Crippen LogP contribution is -2.28. The van der Waals surface area contributed by atoms with Gasteiger partial charge in [-0.3, -0.25) is 5.32 Å². The highest BCUT2D eigenvalue weighted by Crippen LogP contribution is 2.34. The van der Waals surface area contributed by atoms with Crippen molar-refractivity contribution >= 4 is 35.4 Å². The fourth-order valence-corrected chi connectivity index (χ4v) is 2.15. The van der Waals surface area contributed by atoms with Crippen LogP contribution in [-0.2, 0) is 19.0 Å². The van der Waals surface area contributed by atoms with Crippen LogP contribution in [0.25, 0.3) is 6.08 Å². The molecule has 0 saturated carbocycles. The predicted octanol–water partition coefficient (Wildman–Crippen LogP) is 5.04. The molecule has 0 aliphatic rings. The van der Waals surface area contributed by atoms with Gasteiger partial charge < -0.3 is 14.2 Å².